The standard InChI is InChI=1S/C23H23FN6O5S/c1-14(31)26-12-16-13-30(23(33)34-16)15-2-3-19(17(24)10-15)28-5-7-29(8-6-28)22(32)20-11-18(27-35-20)21-25-4-9-36-21/h2-4,9-11,16H,5-8,12-13H2,1H3,(H,26,31)/t16-/m0/s1. The minimum Gasteiger partial charge on any atom is -0.442 e. The van der Waals surface area contributed by atoms with Crippen molar-refractivity contribution in [1.29, 1.82) is 0 Å². The number of cyclic esters (lactones) is 1. The smallest absolute Gasteiger partial charge is 0.414 e. The normalized spacial score (nSPS) is 17.9. The summed E-state index contributed by atoms with van der Waals surface area (Å²) in [6, 6.07) is 6.15. The van der Waals surface area contributed by atoms with Crippen LogP contribution < -0.4 is 15.1 Å². The van der Waals surface area contributed by atoms with Crippen LogP contribution in [0.1, 0.15) is 17.5 Å². The minimum atomic E-state index is -0.588. The first-order valence-electron chi connectivity index (χ1n) is 11.3. The molecule has 0 unspecified atom stereocenters. The van der Waals surface area contributed by atoms with Crippen LogP contribution in [-0.2, 0) is 9.53 Å². The van der Waals surface area contributed by atoms with Crippen molar-refractivity contribution in [2.24, 2.45) is 0 Å². The third-order valence-corrected chi connectivity index (χ3v) is 6.77. The van der Waals surface area contributed by atoms with Crippen molar-refractivity contribution in [2.75, 3.05) is 49.1 Å². The predicted octanol–water partition coefficient (Wildman–Crippen LogP) is 2.36. The first-order chi connectivity index (χ1) is 17.4. The predicted molar refractivity (Wildman–Crippen MR) is 128 cm³/mol. The Morgan fingerprint density at radius 1 is 1.22 bits per heavy atom. The fourth-order valence-electron chi connectivity index (χ4n) is 4.15. The molecule has 3 amide bonds. The van der Waals surface area contributed by atoms with Crippen LogP contribution in [0.4, 0.5) is 20.6 Å². The molecule has 188 valence electrons. The molecule has 2 aromatic heterocycles. The van der Waals surface area contributed by atoms with Gasteiger partial charge in [0.1, 0.15) is 22.6 Å². The number of benzene rings is 1. The lowest BCUT2D eigenvalue weighted by Gasteiger charge is -2.35. The molecule has 2 saturated heterocycles. The third-order valence-electron chi connectivity index (χ3n) is 5.98. The number of carbonyl (C=O) groups excluding carboxylic acids is 3. The maximum atomic E-state index is 15.0. The van der Waals surface area contributed by atoms with Crippen LogP contribution in [0.3, 0.4) is 0 Å². The fraction of sp³-hybridized carbons (Fsp3) is 0.348. The zero-order chi connectivity index (χ0) is 25.2. The van der Waals surface area contributed by atoms with Crippen LogP contribution in [0.25, 0.3) is 10.7 Å². The van der Waals surface area contributed by atoms with E-state index in [-0.39, 0.29) is 30.7 Å². The Balaban J connectivity index is 1.19. The summed E-state index contributed by atoms with van der Waals surface area (Å²) in [4.78, 5) is 45.1. The van der Waals surface area contributed by atoms with Gasteiger partial charge in [-0.2, -0.15) is 0 Å². The monoisotopic (exact) mass is 514 g/mol. The van der Waals surface area contributed by atoms with Gasteiger partial charge in [0.2, 0.25) is 11.7 Å². The number of amides is 3. The molecule has 0 saturated carbocycles. The second kappa shape index (κ2) is 9.93. The Morgan fingerprint density at radius 2 is 2.03 bits per heavy atom. The van der Waals surface area contributed by atoms with E-state index >= 15 is 4.39 Å². The van der Waals surface area contributed by atoms with Crippen molar-refractivity contribution in [3.05, 3.63) is 47.4 Å². The van der Waals surface area contributed by atoms with E-state index in [1.807, 2.05) is 10.3 Å². The molecular weight excluding hydrogens is 491 g/mol. The van der Waals surface area contributed by atoms with Gasteiger partial charge in [0, 0.05) is 50.7 Å². The highest BCUT2D eigenvalue weighted by atomic mass is 32.1. The third kappa shape index (κ3) is 4.87. The molecular formula is C23H23FN6O5S. The summed E-state index contributed by atoms with van der Waals surface area (Å²) in [6.45, 7) is 3.42. The number of thiazole rings is 1. The van der Waals surface area contributed by atoms with Crippen molar-refractivity contribution in [2.45, 2.75) is 13.0 Å². The topological polar surface area (TPSA) is 121 Å². The first-order valence-corrected chi connectivity index (χ1v) is 12.2. The first kappa shape index (κ1) is 23.7. The summed E-state index contributed by atoms with van der Waals surface area (Å²) in [7, 11) is 0. The molecule has 2 aliphatic rings. The van der Waals surface area contributed by atoms with E-state index in [2.05, 4.69) is 15.5 Å². The average Bonchev–Trinajstić information content (AvgIpc) is 3.63. The molecule has 2 aliphatic heterocycles. The number of anilines is 2. The van der Waals surface area contributed by atoms with Crippen molar-refractivity contribution in [3.8, 4) is 10.7 Å². The van der Waals surface area contributed by atoms with E-state index in [1.165, 1.54) is 29.2 Å². The number of nitrogens with one attached hydrogen (secondary N) is 1. The van der Waals surface area contributed by atoms with Crippen molar-refractivity contribution < 1.29 is 28.0 Å². The van der Waals surface area contributed by atoms with Crippen LogP contribution in [0.2, 0.25) is 0 Å². The largest absolute Gasteiger partial charge is 0.442 e. The number of hydrogen-bond donors (Lipinski definition) is 1. The highest BCUT2D eigenvalue weighted by Crippen LogP contribution is 2.29. The Labute approximate surface area is 209 Å². The van der Waals surface area contributed by atoms with Gasteiger partial charge in [-0.05, 0) is 18.2 Å². The zero-order valence-corrected chi connectivity index (χ0v) is 20.2. The SMILES string of the molecule is CC(=O)NC[C@H]1CN(c2ccc(N3CCN(C(=O)c4cc(-c5nccs5)no4)CC3)c(F)c2)C(=O)O1. The van der Waals surface area contributed by atoms with Crippen LogP contribution in [0, 0.1) is 5.82 Å². The van der Waals surface area contributed by atoms with Gasteiger partial charge in [-0.3, -0.25) is 14.5 Å². The zero-order valence-electron chi connectivity index (χ0n) is 19.3. The van der Waals surface area contributed by atoms with Crippen molar-refractivity contribution >= 4 is 40.6 Å². The van der Waals surface area contributed by atoms with E-state index in [4.69, 9.17) is 9.26 Å². The van der Waals surface area contributed by atoms with Gasteiger partial charge in [0.25, 0.3) is 5.91 Å². The van der Waals surface area contributed by atoms with Crippen LogP contribution in [0.5, 0.6) is 0 Å². The summed E-state index contributed by atoms with van der Waals surface area (Å²) in [5, 5.41) is 9.03. The van der Waals surface area contributed by atoms with Gasteiger partial charge in [-0.1, -0.05) is 5.16 Å². The molecule has 11 nitrogen and oxygen atoms in total. The lowest BCUT2D eigenvalue weighted by Crippen LogP contribution is -2.49. The number of piperazine rings is 1. The summed E-state index contributed by atoms with van der Waals surface area (Å²) in [5.74, 6) is -0.836. The van der Waals surface area contributed by atoms with E-state index in [0.717, 1.165) is 0 Å². The van der Waals surface area contributed by atoms with E-state index in [0.29, 0.717) is 48.3 Å². The molecule has 1 aromatic carbocycles. The summed E-state index contributed by atoms with van der Waals surface area (Å²) in [6.07, 6.45) is 0.565. The van der Waals surface area contributed by atoms with E-state index in [9.17, 15) is 14.4 Å². The van der Waals surface area contributed by atoms with E-state index < -0.39 is 18.0 Å². The quantitative estimate of drug-likeness (QED) is 0.532. The molecule has 13 heteroatoms. The van der Waals surface area contributed by atoms with Gasteiger partial charge in [0.05, 0.1) is 24.5 Å². The lowest BCUT2D eigenvalue weighted by atomic mass is 10.2. The van der Waals surface area contributed by atoms with Gasteiger partial charge in [0.15, 0.2) is 0 Å². The molecule has 0 bridgehead atoms. The Morgan fingerprint density at radius 3 is 2.72 bits per heavy atom. The highest BCUT2D eigenvalue weighted by Gasteiger charge is 2.33. The maximum Gasteiger partial charge on any atom is 0.414 e. The van der Waals surface area contributed by atoms with Crippen molar-refractivity contribution in [3.63, 3.8) is 0 Å². The molecule has 36 heavy (non-hydrogen) atoms. The lowest BCUT2D eigenvalue weighted by molar-refractivity contribution is -0.119. The Hall–Kier alpha value is -4.00. The number of halogens is 1. The summed E-state index contributed by atoms with van der Waals surface area (Å²) < 4.78 is 25.5. The molecule has 4 heterocycles. The number of aromatic nitrogens is 2. The molecule has 1 atom stereocenters. The van der Waals surface area contributed by atoms with Crippen LogP contribution in [-0.4, -0.2) is 78.3 Å². The summed E-state index contributed by atoms with van der Waals surface area (Å²) >= 11 is 1.40. The van der Waals surface area contributed by atoms with E-state index in [1.54, 1.807) is 29.3 Å². The number of ether oxygens (including phenoxy) is 1. The molecule has 0 radical (unpaired) electrons. The number of hydrogen-bond acceptors (Lipinski definition) is 9. The number of nitrogens with zero attached hydrogens (tertiary/aromatic N) is 5. The second-order valence-electron chi connectivity index (χ2n) is 8.38. The number of rotatable bonds is 6. The van der Waals surface area contributed by atoms with Gasteiger partial charge >= 0.3 is 6.09 Å². The minimum absolute atomic E-state index is 0.137. The molecule has 5 rings (SSSR count). The Bertz CT molecular complexity index is 1270. The molecule has 2 fully saturated rings. The molecule has 0 aliphatic carbocycles. The van der Waals surface area contributed by atoms with Gasteiger partial charge in [-0.25, -0.2) is 14.2 Å². The van der Waals surface area contributed by atoms with Gasteiger partial charge in [-0.15, -0.1) is 11.3 Å². The maximum absolute atomic E-state index is 15.0. The average molecular weight is 515 g/mol. The fourth-order valence-corrected chi connectivity index (χ4v) is 4.74. The van der Waals surface area contributed by atoms with Gasteiger partial charge < -0.3 is 24.4 Å². The summed E-state index contributed by atoms with van der Waals surface area (Å²) in [5.41, 5.74) is 1.28. The number of carbonyl (C=O) groups is 3. The molecule has 1 N–H and O–H groups in total. The van der Waals surface area contributed by atoms with Crippen LogP contribution in [0.15, 0.2) is 40.4 Å². The highest BCUT2D eigenvalue weighted by molar-refractivity contribution is 7.13. The Kier molecular flexibility index (Phi) is 6.55. The molecule has 0 spiro atoms. The van der Waals surface area contributed by atoms with Crippen LogP contribution >= 0.6 is 11.3 Å². The second-order valence-corrected chi connectivity index (χ2v) is 9.28. The van der Waals surface area contributed by atoms with Crippen molar-refractivity contribution in [1.82, 2.24) is 20.4 Å². The molecule has 3 aromatic rings.